The van der Waals surface area contributed by atoms with Crippen LogP contribution in [0.3, 0.4) is 0 Å². The molecule has 8 heteroatoms. The second-order valence-corrected chi connectivity index (χ2v) is 8.20. The van der Waals surface area contributed by atoms with Crippen LogP contribution in [0.15, 0.2) is 42.1 Å². The monoisotopic (exact) mass is 429 g/mol. The fraction of sp³-hybridized carbons (Fsp3) is 0.522. The van der Waals surface area contributed by atoms with Gasteiger partial charge < -0.3 is 24.3 Å². The molecule has 2 aliphatic carbocycles. The van der Waals surface area contributed by atoms with E-state index in [0.29, 0.717) is 11.3 Å². The van der Waals surface area contributed by atoms with Crippen molar-refractivity contribution in [3.63, 3.8) is 0 Å². The number of benzene rings is 1. The molecule has 1 heterocycles. The zero-order valence-corrected chi connectivity index (χ0v) is 17.7. The van der Waals surface area contributed by atoms with E-state index in [4.69, 9.17) is 18.9 Å². The summed E-state index contributed by atoms with van der Waals surface area (Å²) in [4.78, 5) is 36.4. The molecular weight excluding hydrogens is 402 g/mol. The number of hydrogen-bond donors (Lipinski definition) is 1. The van der Waals surface area contributed by atoms with Gasteiger partial charge in [-0.05, 0) is 18.9 Å². The third-order valence-corrected chi connectivity index (χ3v) is 5.75. The second-order valence-electron chi connectivity index (χ2n) is 8.20. The maximum atomic E-state index is 13.1. The first kappa shape index (κ1) is 21.5. The molecule has 4 atom stereocenters. The summed E-state index contributed by atoms with van der Waals surface area (Å²) in [6, 6.07) is 8.65. The SMILES string of the molecule is CC(=O)NC1=C[C@H]2OC3(CCCCC3)O[C@H]2[C@H]1OC(=O)[C@@H](OC(C)=O)c1ccccc1. The molecule has 3 aliphatic rings. The Labute approximate surface area is 180 Å². The quantitative estimate of drug-likeness (QED) is 0.718. The molecule has 1 aliphatic heterocycles. The van der Waals surface area contributed by atoms with E-state index in [1.165, 1.54) is 13.8 Å². The summed E-state index contributed by atoms with van der Waals surface area (Å²) in [5.74, 6) is -2.31. The van der Waals surface area contributed by atoms with Gasteiger partial charge in [-0.2, -0.15) is 0 Å². The number of nitrogens with one attached hydrogen (secondary N) is 1. The van der Waals surface area contributed by atoms with Crippen LogP contribution in [0.5, 0.6) is 0 Å². The first-order chi connectivity index (χ1) is 14.9. The number of rotatable bonds is 5. The molecule has 8 nitrogen and oxygen atoms in total. The van der Waals surface area contributed by atoms with E-state index in [-0.39, 0.29) is 5.91 Å². The van der Waals surface area contributed by atoms with Crippen LogP contribution in [-0.4, -0.2) is 41.9 Å². The Morgan fingerprint density at radius 3 is 2.42 bits per heavy atom. The maximum absolute atomic E-state index is 13.1. The van der Waals surface area contributed by atoms with E-state index in [1.807, 2.05) is 0 Å². The topological polar surface area (TPSA) is 100 Å². The Kier molecular flexibility index (Phi) is 6.11. The first-order valence-corrected chi connectivity index (χ1v) is 10.6. The molecule has 2 fully saturated rings. The molecule has 4 rings (SSSR count). The normalized spacial score (nSPS) is 27.2. The lowest BCUT2D eigenvalue weighted by atomic mass is 9.94. The van der Waals surface area contributed by atoms with Gasteiger partial charge in [0.1, 0.15) is 12.2 Å². The molecular formula is C23H27NO7. The zero-order chi connectivity index (χ0) is 22.0. The van der Waals surface area contributed by atoms with Crippen LogP contribution in [-0.2, 0) is 33.3 Å². The minimum atomic E-state index is -1.22. The zero-order valence-electron chi connectivity index (χ0n) is 17.7. The Balaban J connectivity index is 1.56. The number of carbonyl (C=O) groups is 3. The molecule has 1 saturated carbocycles. The van der Waals surface area contributed by atoms with Crippen LogP contribution < -0.4 is 5.32 Å². The lowest BCUT2D eigenvalue weighted by Gasteiger charge is -2.33. The Morgan fingerprint density at radius 1 is 1.06 bits per heavy atom. The summed E-state index contributed by atoms with van der Waals surface area (Å²) >= 11 is 0. The molecule has 1 spiro atoms. The number of amides is 1. The van der Waals surface area contributed by atoms with Crippen molar-refractivity contribution in [2.24, 2.45) is 0 Å². The standard InChI is InChI=1S/C23H27NO7/c1-14(25)24-17-13-18-21(31-23(30-18)11-7-4-8-12-23)20(17)29-22(27)19(28-15(2)26)16-9-5-3-6-10-16/h3,5-6,9-10,13,18-21H,4,7-8,11-12H2,1-2H3,(H,24,25)/t18-,19+,20+,21-/m1/s1. The van der Waals surface area contributed by atoms with E-state index >= 15 is 0 Å². The molecule has 1 saturated heterocycles. The van der Waals surface area contributed by atoms with Crippen molar-refractivity contribution in [3.05, 3.63) is 47.7 Å². The summed E-state index contributed by atoms with van der Waals surface area (Å²) in [6.45, 7) is 2.61. The van der Waals surface area contributed by atoms with Gasteiger partial charge in [-0.1, -0.05) is 36.8 Å². The third kappa shape index (κ3) is 4.65. The lowest BCUT2D eigenvalue weighted by molar-refractivity contribution is -0.204. The van der Waals surface area contributed by atoms with Gasteiger partial charge in [0.15, 0.2) is 11.9 Å². The van der Waals surface area contributed by atoms with Gasteiger partial charge in [-0.3, -0.25) is 9.59 Å². The lowest BCUT2D eigenvalue weighted by Crippen LogP contribution is -2.41. The fourth-order valence-electron chi connectivity index (χ4n) is 4.48. The van der Waals surface area contributed by atoms with Crippen molar-refractivity contribution >= 4 is 17.8 Å². The second kappa shape index (κ2) is 8.80. The van der Waals surface area contributed by atoms with E-state index < -0.39 is 42.1 Å². The predicted molar refractivity (Wildman–Crippen MR) is 108 cm³/mol. The summed E-state index contributed by atoms with van der Waals surface area (Å²) in [5.41, 5.74) is 0.908. The largest absolute Gasteiger partial charge is 0.450 e. The van der Waals surface area contributed by atoms with Gasteiger partial charge in [-0.25, -0.2) is 4.79 Å². The third-order valence-electron chi connectivity index (χ3n) is 5.75. The van der Waals surface area contributed by atoms with Crippen molar-refractivity contribution < 1.29 is 33.3 Å². The van der Waals surface area contributed by atoms with Gasteiger partial charge in [0.2, 0.25) is 12.0 Å². The predicted octanol–water partition coefficient (Wildman–Crippen LogP) is 2.68. The summed E-state index contributed by atoms with van der Waals surface area (Å²) in [6.07, 6.45) is 3.37. The highest BCUT2D eigenvalue weighted by Crippen LogP contribution is 2.45. The van der Waals surface area contributed by atoms with Crippen molar-refractivity contribution in [3.8, 4) is 0 Å². The highest BCUT2D eigenvalue weighted by molar-refractivity contribution is 5.81. The van der Waals surface area contributed by atoms with Crippen LogP contribution in [0.4, 0.5) is 0 Å². The number of esters is 2. The molecule has 31 heavy (non-hydrogen) atoms. The van der Waals surface area contributed by atoms with E-state index in [2.05, 4.69) is 5.32 Å². The summed E-state index contributed by atoms with van der Waals surface area (Å²) < 4.78 is 23.6. The van der Waals surface area contributed by atoms with Gasteiger partial charge in [0, 0.05) is 32.3 Å². The number of ether oxygens (including phenoxy) is 4. The van der Waals surface area contributed by atoms with E-state index in [0.717, 1.165) is 32.1 Å². The van der Waals surface area contributed by atoms with E-state index in [9.17, 15) is 14.4 Å². The molecule has 1 aromatic rings. The number of fused-ring (bicyclic) bond motifs is 1. The molecule has 0 aromatic heterocycles. The fourth-order valence-corrected chi connectivity index (χ4v) is 4.48. The molecule has 1 amide bonds. The Bertz CT molecular complexity index is 875. The molecule has 166 valence electrons. The van der Waals surface area contributed by atoms with E-state index in [1.54, 1.807) is 36.4 Å². The Hall–Kier alpha value is -2.71. The van der Waals surface area contributed by atoms with Crippen molar-refractivity contribution in [2.75, 3.05) is 0 Å². The van der Waals surface area contributed by atoms with Gasteiger partial charge in [-0.15, -0.1) is 0 Å². The molecule has 0 bridgehead atoms. The smallest absolute Gasteiger partial charge is 0.353 e. The minimum Gasteiger partial charge on any atom is -0.450 e. The average Bonchev–Trinajstić information content (AvgIpc) is 3.21. The minimum absolute atomic E-state index is 0.292. The van der Waals surface area contributed by atoms with Crippen molar-refractivity contribution in [1.29, 1.82) is 0 Å². The maximum Gasteiger partial charge on any atom is 0.353 e. The van der Waals surface area contributed by atoms with Crippen LogP contribution >= 0.6 is 0 Å². The van der Waals surface area contributed by atoms with Crippen LogP contribution in [0.2, 0.25) is 0 Å². The molecule has 0 radical (unpaired) electrons. The highest BCUT2D eigenvalue weighted by Gasteiger charge is 2.55. The van der Waals surface area contributed by atoms with Crippen LogP contribution in [0, 0.1) is 0 Å². The van der Waals surface area contributed by atoms with Crippen molar-refractivity contribution in [2.45, 2.75) is 76.2 Å². The van der Waals surface area contributed by atoms with Crippen molar-refractivity contribution in [1.82, 2.24) is 5.32 Å². The summed E-state index contributed by atoms with van der Waals surface area (Å²) in [7, 11) is 0. The first-order valence-electron chi connectivity index (χ1n) is 10.6. The van der Waals surface area contributed by atoms with Crippen LogP contribution in [0.1, 0.15) is 57.6 Å². The van der Waals surface area contributed by atoms with Crippen LogP contribution in [0.25, 0.3) is 0 Å². The highest BCUT2D eigenvalue weighted by atomic mass is 16.8. The van der Waals surface area contributed by atoms with Gasteiger partial charge in [0.25, 0.3) is 0 Å². The van der Waals surface area contributed by atoms with Gasteiger partial charge >= 0.3 is 11.9 Å². The molecule has 1 N–H and O–H groups in total. The summed E-state index contributed by atoms with van der Waals surface area (Å²) in [5, 5.41) is 2.71. The molecule has 1 aromatic carbocycles. The Morgan fingerprint density at radius 2 is 1.77 bits per heavy atom. The average molecular weight is 429 g/mol. The molecule has 0 unspecified atom stereocenters. The van der Waals surface area contributed by atoms with Gasteiger partial charge in [0.05, 0.1) is 5.70 Å². The number of hydrogen-bond acceptors (Lipinski definition) is 7. The number of carbonyl (C=O) groups excluding carboxylic acids is 3.